The summed E-state index contributed by atoms with van der Waals surface area (Å²) in [5.41, 5.74) is 3.71. The summed E-state index contributed by atoms with van der Waals surface area (Å²) in [5, 5.41) is 3.58. The number of ether oxygens (including phenoxy) is 1. The lowest BCUT2D eigenvalue weighted by atomic mass is 9.87. The fraction of sp³-hybridized carbons (Fsp3) is 0.545. The van der Waals surface area contributed by atoms with E-state index in [1.807, 2.05) is 0 Å². The molecule has 0 saturated carbocycles. The van der Waals surface area contributed by atoms with Crippen LogP contribution in [0.25, 0.3) is 0 Å². The van der Waals surface area contributed by atoms with Gasteiger partial charge in [0.1, 0.15) is 19.3 Å². The van der Waals surface area contributed by atoms with Crippen LogP contribution in [0.1, 0.15) is 42.9 Å². The Bertz CT molecular complexity index is 883. The van der Waals surface area contributed by atoms with Gasteiger partial charge in [0.15, 0.2) is 5.82 Å². The van der Waals surface area contributed by atoms with Crippen LogP contribution in [0, 0.1) is 0 Å². The summed E-state index contributed by atoms with van der Waals surface area (Å²) < 4.78 is 18.1. The Balaban J connectivity index is 1.33. The van der Waals surface area contributed by atoms with Crippen molar-refractivity contribution in [3.8, 4) is 0 Å². The standard InChI is InChI=1S/C22H29BN4O2S/c23-17-3-1-15(2-4-17)16-5-10-27(11-6-16)22-25-19-9-14-30(28)20(19)21(26-22)24-18-7-12-29-13-8-18/h1-4,16,18H,5-14,23H2,(H,24,25,26). The second-order valence-corrected chi connectivity index (χ2v) is 10.2. The molecule has 5 rings (SSSR count). The molecule has 1 unspecified atom stereocenters. The number of aromatic nitrogens is 2. The van der Waals surface area contributed by atoms with Crippen LogP contribution in [0.2, 0.25) is 0 Å². The minimum Gasteiger partial charge on any atom is -0.611 e. The Morgan fingerprint density at radius 1 is 1.07 bits per heavy atom. The van der Waals surface area contributed by atoms with E-state index in [2.05, 4.69) is 42.3 Å². The van der Waals surface area contributed by atoms with Crippen LogP contribution in [-0.2, 0) is 22.3 Å². The van der Waals surface area contributed by atoms with Crippen LogP contribution in [-0.4, -0.2) is 60.5 Å². The molecule has 2 fully saturated rings. The minimum absolute atomic E-state index is 0.329. The van der Waals surface area contributed by atoms with Gasteiger partial charge < -0.3 is 19.5 Å². The Morgan fingerprint density at radius 3 is 2.53 bits per heavy atom. The smallest absolute Gasteiger partial charge is 0.227 e. The Kier molecular flexibility index (Phi) is 5.89. The topological polar surface area (TPSA) is 73.3 Å². The molecule has 0 radical (unpaired) electrons. The van der Waals surface area contributed by atoms with Crippen LogP contribution < -0.4 is 15.7 Å². The molecule has 2 aromatic rings. The molecule has 1 atom stereocenters. The second kappa shape index (κ2) is 8.77. The molecule has 2 saturated heterocycles. The maximum atomic E-state index is 12.6. The van der Waals surface area contributed by atoms with Gasteiger partial charge in [-0.05, 0) is 48.3 Å². The number of piperidine rings is 1. The van der Waals surface area contributed by atoms with Crippen molar-refractivity contribution in [1.29, 1.82) is 0 Å². The van der Waals surface area contributed by atoms with Gasteiger partial charge in [-0.1, -0.05) is 29.7 Å². The summed E-state index contributed by atoms with van der Waals surface area (Å²) in [5.74, 6) is 2.84. The number of rotatable bonds is 4. The van der Waals surface area contributed by atoms with E-state index in [-0.39, 0.29) is 0 Å². The highest BCUT2D eigenvalue weighted by molar-refractivity contribution is 7.91. The van der Waals surface area contributed by atoms with Crippen molar-refractivity contribution in [2.24, 2.45) is 0 Å². The molecule has 1 N–H and O–H groups in total. The summed E-state index contributed by atoms with van der Waals surface area (Å²) >= 11 is -0.997. The van der Waals surface area contributed by atoms with Gasteiger partial charge in [0, 0.05) is 38.8 Å². The summed E-state index contributed by atoms with van der Waals surface area (Å²) in [6.07, 6.45) is 4.92. The lowest BCUT2D eigenvalue weighted by molar-refractivity contribution is 0.0903. The van der Waals surface area contributed by atoms with Gasteiger partial charge in [-0.2, -0.15) is 4.98 Å². The first-order valence-electron chi connectivity index (χ1n) is 11.1. The maximum absolute atomic E-state index is 12.6. The molecule has 0 amide bonds. The normalized spacial score (nSPS) is 22.8. The van der Waals surface area contributed by atoms with Gasteiger partial charge in [-0.3, -0.25) is 0 Å². The fourth-order valence-corrected chi connectivity index (χ4v) is 6.02. The first-order chi connectivity index (χ1) is 14.7. The van der Waals surface area contributed by atoms with E-state index in [0.29, 0.717) is 17.7 Å². The Morgan fingerprint density at radius 2 is 1.80 bits per heavy atom. The van der Waals surface area contributed by atoms with Crippen molar-refractivity contribution in [2.75, 3.05) is 42.3 Å². The minimum atomic E-state index is -0.997. The van der Waals surface area contributed by atoms with Gasteiger partial charge in [-0.25, -0.2) is 4.98 Å². The summed E-state index contributed by atoms with van der Waals surface area (Å²) in [6, 6.07) is 9.29. The van der Waals surface area contributed by atoms with Crippen molar-refractivity contribution in [2.45, 2.75) is 49.0 Å². The van der Waals surface area contributed by atoms with Crippen molar-refractivity contribution >= 4 is 36.3 Å². The lowest BCUT2D eigenvalue weighted by Crippen LogP contribution is -2.35. The van der Waals surface area contributed by atoms with Gasteiger partial charge in [0.25, 0.3) is 0 Å². The lowest BCUT2D eigenvalue weighted by Gasteiger charge is -2.33. The predicted octanol–water partition coefficient (Wildman–Crippen LogP) is 1.37. The first kappa shape index (κ1) is 20.2. The molecule has 0 aliphatic carbocycles. The Hall–Kier alpha value is -1.77. The van der Waals surface area contributed by atoms with Crippen LogP contribution in [0.4, 0.5) is 11.8 Å². The third-order valence-electron chi connectivity index (χ3n) is 6.56. The SMILES string of the molecule is Bc1ccc(C2CCN(c3nc4c(c(NC5CCOCC5)n3)[S+]([O-])CC4)CC2)cc1. The highest BCUT2D eigenvalue weighted by Gasteiger charge is 2.34. The molecule has 1 aromatic carbocycles. The van der Waals surface area contributed by atoms with Gasteiger partial charge >= 0.3 is 0 Å². The van der Waals surface area contributed by atoms with E-state index in [1.54, 1.807) is 0 Å². The third kappa shape index (κ3) is 4.18. The number of nitrogens with one attached hydrogen (secondary N) is 1. The van der Waals surface area contributed by atoms with E-state index in [0.717, 1.165) is 80.8 Å². The average Bonchev–Trinajstić information content (AvgIpc) is 3.16. The zero-order valence-electron chi connectivity index (χ0n) is 17.6. The van der Waals surface area contributed by atoms with Crippen LogP contribution in [0.15, 0.2) is 29.2 Å². The number of aryl methyl sites for hydroxylation is 1. The molecule has 1 aromatic heterocycles. The van der Waals surface area contributed by atoms with E-state index < -0.39 is 11.2 Å². The van der Waals surface area contributed by atoms with E-state index in [4.69, 9.17) is 14.7 Å². The third-order valence-corrected chi connectivity index (χ3v) is 8.02. The van der Waals surface area contributed by atoms with Crippen molar-refractivity contribution in [3.63, 3.8) is 0 Å². The molecular formula is C22H29BN4O2S. The number of anilines is 2. The highest BCUT2D eigenvalue weighted by atomic mass is 32.2. The van der Waals surface area contributed by atoms with Crippen LogP contribution in [0.5, 0.6) is 0 Å². The number of hydrogen-bond acceptors (Lipinski definition) is 6. The number of hydrogen-bond donors (Lipinski definition) is 1. The molecule has 3 aliphatic rings. The molecule has 3 aliphatic heterocycles. The highest BCUT2D eigenvalue weighted by Crippen LogP contribution is 2.35. The van der Waals surface area contributed by atoms with Crippen molar-refractivity contribution in [3.05, 3.63) is 35.5 Å². The zero-order valence-corrected chi connectivity index (χ0v) is 18.4. The van der Waals surface area contributed by atoms with E-state index in [1.165, 1.54) is 11.0 Å². The molecule has 158 valence electrons. The predicted molar refractivity (Wildman–Crippen MR) is 123 cm³/mol. The number of benzene rings is 1. The Labute approximate surface area is 182 Å². The van der Waals surface area contributed by atoms with Gasteiger partial charge in [0.2, 0.25) is 10.8 Å². The van der Waals surface area contributed by atoms with Crippen molar-refractivity contribution < 1.29 is 9.29 Å². The van der Waals surface area contributed by atoms with Gasteiger partial charge in [-0.15, -0.1) is 0 Å². The molecule has 4 heterocycles. The average molecular weight is 424 g/mol. The van der Waals surface area contributed by atoms with Crippen LogP contribution >= 0.6 is 0 Å². The quantitative estimate of drug-likeness (QED) is 0.591. The second-order valence-electron chi connectivity index (χ2n) is 8.65. The maximum Gasteiger partial charge on any atom is 0.227 e. The molecule has 0 spiro atoms. The molecule has 8 heteroatoms. The molecule has 30 heavy (non-hydrogen) atoms. The summed E-state index contributed by atoms with van der Waals surface area (Å²) in [6.45, 7) is 3.45. The monoisotopic (exact) mass is 424 g/mol. The number of nitrogens with zero attached hydrogens (tertiary/aromatic N) is 3. The van der Waals surface area contributed by atoms with Gasteiger partial charge in [0.05, 0.1) is 0 Å². The van der Waals surface area contributed by atoms with Crippen LogP contribution in [0.3, 0.4) is 0 Å². The molecule has 6 nitrogen and oxygen atoms in total. The first-order valence-corrected chi connectivity index (χ1v) is 12.4. The molecular weight excluding hydrogens is 395 g/mol. The largest absolute Gasteiger partial charge is 0.611 e. The zero-order chi connectivity index (χ0) is 20.5. The molecule has 0 bridgehead atoms. The van der Waals surface area contributed by atoms with Crippen molar-refractivity contribution in [1.82, 2.24) is 9.97 Å². The fourth-order valence-electron chi connectivity index (χ4n) is 4.71. The van der Waals surface area contributed by atoms with E-state index in [9.17, 15) is 4.55 Å². The number of fused-ring (bicyclic) bond motifs is 1. The summed E-state index contributed by atoms with van der Waals surface area (Å²) in [7, 11) is 2.14. The van der Waals surface area contributed by atoms with E-state index >= 15 is 0 Å². The summed E-state index contributed by atoms with van der Waals surface area (Å²) in [4.78, 5) is 12.9.